The lowest BCUT2D eigenvalue weighted by Gasteiger charge is -2.21. The van der Waals surface area contributed by atoms with Gasteiger partial charge in [0, 0.05) is 26.7 Å². The highest BCUT2D eigenvalue weighted by molar-refractivity contribution is 14.0. The Kier molecular flexibility index (Phi) is 15.5. The Balaban J connectivity index is 0. The summed E-state index contributed by atoms with van der Waals surface area (Å²) in [5, 5.41) is 3.32. The summed E-state index contributed by atoms with van der Waals surface area (Å²) in [6, 6.07) is 0. The van der Waals surface area contributed by atoms with E-state index in [1.54, 1.807) is 0 Å². The largest absolute Gasteiger partial charge is 0.357 e. The van der Waals surface area contributed by atoms with Crippen molar-refractivity contribution in [2.45, 2.75) is 39.5 Å². The van der Waals surface area contributed by atoms with Crippen molar-refractivity contribution in [2.75, 3.05) is 26.7 Å². The van der Waals surface area contributed by atoms with E-state index in [1.807, 2.05) is 6.08 Å². The Labute approximate surface area is 124 Å². The highest BCUT2D eigenvalue weighted by Crippen LogP contribution is 1.95. The smallest absolute Gasteiger partial charge is 0.193 e. The summed E-state index contributed by atoms with van der Waals surface area (Å²) in [5.74, 6) is 1.03. The summed E-state index contributed by atoms with van der Waals surface area (Å²) >= 11 is 0. The fourth-order valence-electron chi connectivity index (χ4n) is 1.39. The van der Waals surface area contributed by atoms with Crippen LogP contribution in [-0.4, -0.2) is 37.5 Å². The van der Waals surface area contributed by atoms with Gasteiger partial charge in [-0.2, -0.15) is 0 Å². The van der Waals surface area contributed by atoms with Gasteiger partial charge in [0.2, 0.25) is 0 Å². The molecular formula is C13H28IN3. The Hall–Kier alpha value is -0.260. The van der Waals surface area contributed by atoms with E-state index in [-0.39, 0.29) is 24.0 Å². The lowest BCUT2D eigenvalue weighted by atomic mass is 10.3. The molecule has 0 aliphatic carbocycles. The van der Waals surface area contributed by atoms with Crippen molar-refractivity contribution < 1.29 is 0 Å². The summed E-state index contributed by atoms with van der Waals surface area (Å²) in [4.78, 5) is 6.78. The minimum atomic E-state index is 0. The van der Waals surface area contributed by atoms with Gasteiger partial charge in [-0.05, 0) is 26.2 Å². The number of guanidine groups is 1. The second-order valence-corrected chi connectivity index (χ2v) is 3.94. The Morgan fingerprint density at radius 1 is 1.35 bits per heavy atom. The van der Waals surface area contributed by atoms with Gasteiger partial charge in [0.15, 0.2) is 5.96 Å². The molecule has 0 aliphatic heterocycles. The van der Waals surface area contributed by atoms with Gasteiger partial charge in [0.05, 0.1) is 0 Å². The second-order valence-electron chi connectivity index (χ2n) is 3.94. The molecule has 0 aromatic carbocycles. The predicted octanol–water partition coefficient (Wildman–Crippen LogP) is 3.27. The Bertz CT molecular complexity index is 205. The number of hydrogen-bond donors (Lipinski definition) is 1. The van der Waals surface area contributed by atoms with Crippen LogP contribution in [0.4, 0.5) is 0 Å². The maximum absolute atomic E-state index is 4.59. The molecule has 3 nitrogen and oxygen atoms in total. The topological polar surface area (TPSA) is 27.6 Å². The van der Waals surface area contributed by atoms with Crippen LogP contribution in [0.1, 0.15) is 39.5 Å². The maximum atomic E-state index is 4.59. The first kappa shape index (κ1) is 19.1. The van der Waals surface area contributed by atoms with E-state index in [2.05, 4.69) is 42.7 Å². The molecule has 0 heterocycles. The molecule has 0 aromatic heterocycles. The third-order valence-electron chi connectivity index (χ3n) is 2.37. The van der Waals surface area contributed by atoms with Gasteiger partial charge in [-0.25, -0.2) is 0 Å². The molecule has 1 N–H and O–H groups in total. The van der Waals surface area contributed by atoms with Gasteiger partial charge in [0.25, 0.3) is 0 Å². The van der Waals surface area contributed by atoms with Gasteiger partial charge in [0.1, 0.15) is 0 Å². The van der Waals surface area contributed by atoms with E-state index in [1.165, 1.54) is 6.42 Å². The Morgan fingerprint density at radius 2 is 2.06 bits per heavy atom. The number of unbranched alkanes of at least 4 members (excludes halogenated alkanes) is 2. The van der Waals surface area contributed by atoms with E-state index in [0.717, 1.165) is 44.9 Å². The number of rotatable bonds is 8. The van der Waals surface area contributed by atoms with Crippen LogP contribution in [0.15, 0.2) is 17.6 Å². The fourth-order valence-corrected chi connectivity index (χ4v) is 1.39. The molecule has 17 heavy (non-hydrogen) atoms. The zero-order valence-corrected chi connectivity index (χ0v) is 13.9. The average molecular weight is 353 g/mol. The van der Waals surface area contributed by atoms with Crippen LogP contribution >= 0.6 is 24.0 Å². The quantitative estimate of drug-likeness (QED) is 0.238. The molecule has 0 amide bonds. The molecule has 0 radical (unpaired) electrons. The molecule has 0 saturated heterocycles. The monoisotopic (exact) mass is 353 g/mol. The molecule has 4 heteroatoms. The normalized spacial score (nSPS) is 10.6. The molecule has 0 aromatic rings. The van der Waals surface area contributed by atoms with E-state index in [4.69, 9.17) is 0 Å². The molecule has 0 rings (SSSR count). The van der Waals surface area contributed by atoms with Gasteiger partial charge in [-0.3, -0.25) is 4.99 Å². The predicted molar refractivity (Wildman–Crippen MR) is 88.4 cm³/mol. The average Bonchev–Trinajstić information content (AvgIpc) is 2.28. The molecule has 0 unspecified atom stereocenters. The molecule has 0 atom stereocenters. The van der Waals surface area contributed by atoms with E-state index in [0.29, 0.717) is 0 Å². The molecule has 0 aliphatic rings. The van der Waals surface area contributed by atoms with Gasteiger partial charge < -0.3 is 10.2 Å². The van der Waals surface area contributed by atoms with Crippen LogP contribution in [0.3, 0.4) is 0 Å². The first-order valence-corrected chi connectivity index (χ1v) is 6.36. The summed E-state index contributed by atoms with van der Waals surface area (Å²) in [6.45, 7) is 10.9. The maximum Gasteiger partial charge on any atom is 0.193 e. The number of allylic oxidation sites excluding steroid dienone is 1. The lowest BCUT2D eigenvalue weighted by molar-refractivity contribution is 0.469. The number of nitrogens with zero attached hydrogens (tertiary/aromatic N) is 2. The van der Waals surface area contributed by atoms with Crippen LogP contribution < -0.4 is 5.32 Å². The highest BCUT2D eigenvalue weighted by Gasteiger charge is 2.03. The van der Waals surface area contributed by atoms with Crippen molar-refractivity contribution in [3.63, 3.8) is 0 Å². The third-order valence-corrected chi connectivity index (χ3v) is 2.37. The fraction of sp³-hybridized carbons (Fsp3) is 0.769. The summed E-state index contributed by atoms with van der Waals surface area (Å²) in [6.07, 6.45) is 6.53. The zero-order chi connectivity index (χ0) is 12.2. The van der Waals surface area contributed by atoms with Gasteiger partial charge in [-0.1, -0.05) is 19.4 Å². The lowest BCUT2D eigenvalue weighted by Crippen LogP contribution is -2.39. The van der Waals surface area contributed by atoms with Crippen molar-refractivity contribution in [3.8, 4) is 0 Å². The van der Waals surface area contributed by atoms with Crippen molar-refractivity contribution in [1.82, 2.24) is 10.2 Å². The number of nitrogens with one attached hydrogen (secondary N) is 1. The molecular weight excluding hydrogens is 325 g/mol. The van der Waals surface area contributed by atoms with Crippen molar-refractivity contribution >= 4 is 29.9 Å². The van der Waals surface area contributed by atoms with E-state index >= 15 is 0 Å². The van der Waals surface area contributed by atoms with Crippen molar-refractivity contribution in [3.05, 3.63) is 12.7 Å². The highest BCUT2D eigenvalue weighted by atomic mass is 127. The minimum absolute atomic E-state index is 0. The van der Waals surface area contributed by atoms with Crippen molar-refractivity contribution in [2.24, 2.45) is 4.99 Å². The zero-order valence-electron chi connectivity index (χ0n) is 11.5. The van der Waals surface area contributed by atoms with Crippen LogP contribution in [0.25, 0.3) is 0 Å². The van der Waals surface area contributed by atoms with Crippen LogP contribution in [0.2, 0.25) is 0 Å². The first-order chi connectivity index (χ1) is 7.76. The second kappa shape index (κ2) is 13.8. The van der Waals surface area contributed by atoms with E-state index < -0.39 is 0 Å². The SMILES string of the molecule is C=CCCCN(C)C(=NCCCC)NCC.I. The number of aliphatic imine (C=N–C) groups is 1. The third kappa shape index (κ3) is 10.6. The van der Waals surface area contributed by atoms with Crippen LogP contribution in [0.5, 0.6) is 0 Å². The minimum Gasteiger partial charge on any atom is -0.357 e. The standard InChI is InChI=1S/C13H27N3.HI/c1-5-8-10-12-16(4)13(14-7-3)15-11-9-6-2;/h5H,1,6-12H2,2-4H3,(H,14,15);1H. The van der Waals surface area contributed by atoms with Gasteiger partial charge >= 0.3 is 0 Å². The summed E-state index contributed by atoms with van der Waals surface area (Å²) in [7, 11) is 2.09. The molecule has 0 bridgehead atoms. The van der Waals surface area contributed by atoms with Gasteiger partial charge in [-0.15, -0.1) is 30.6 Å². The Morgan fingerprint density at radius 3 is 2.59 bits per heavy atom. The molecule has 0 saturated carbocycles. The summed E-state index contributed by atoms with van der Waals surface area (Å²) in [5.41, 5.74) is 0. The van der Waals surface area contributed by atoms with Crippen molar-refractivity contribution in [1.29, 1.82) is 0 Å². The van der Waals surface area contributed by atoms with Crippen LogP contribution in [-0.2, 0) is 0 Å². The molecule has 0 fully saturated rings. The van der Waals surface area contributed by atoms with E-state index in [9.17, 15) is 0 Å². The molecule has 102 valence electrons. The van der Waals surface area contributed by atoms with Crippen LogP contribution in [0, 0.1) is 0 Å². The number of halogens is 1. The first-order valence-electron chi connectivity index (χ1n) is 6.36. The molecule has 0 spiro atoms. The summed E-state index contributed by atoms with van der Waals surface area (Å²) < 4.78 is 0. The number of hydrogen-bond acceptors (Lipinski definition) is 1.